The molecule has 0 aromatic heterocycles. The van der Waals surface area contributed by atoms with Gasteiger partial charge in [-0.2, -0.15) is 0 Å². The molecule has 0 aromatic rings. The zero-order chi connectivity index (χ0) is 14.8. The molecule has 0 saturated carbocycles. The average Bonchev–Trinajstić information content (AvgIpc) is 2.49. The molecular formula is C17H36N2O. The van der Waals surface area contributed by atoms with Crippen molar-refractivity contribution >= 4 is 0 Å². The Bertz CT molecular complexity index is 247. The summed E-state index contributed by atoms with van der Waals surface area (Å²) < 4.78 is 5.96. The fraction of sp³-hybridized carbons (Fsp3) is 1.00. The number of unbranched alkanes of at least 4 members (excludes halogenated alkanes) is 3. The summed E-state index contributed by atoms with van der Waals surface area (Å²) in [6.45, 7) is 10.7. The lowest BCUT2D eigenvalue weighted by molar-refractivity contribution is -0.0345. The molecule has 0 spiro atoms. The molecule has 2 unspecified atom stereocenters. The van der Waals surface area contributed by atoms with Crippen molar-refractivity contribution < 1.29 is 4.74 Å². The average molecular weight is 284 g/mol. The molecule has 1 rings (SSSR count). The predicted molar refractivity (Wildman–Crippen MR) is 87.1 cm³/mol. The Hall–Kier alpha value is -0.120. The number of nitrogens with two attached hydrogens (primary N) is 1. The highest BCUT2D eigenvalue weighted by Gasteiger charge is 2.33. The van der Waals surface area contributed by atoms with Crippen LogP contribution in [0.3, 0.4) is 0 Å². The smallest absolute Gasteiger partial charge is 0.0702 e. The first kappa shape index (κ1) is 17.9. The highest BCUT2D eigenvalue weighted by molar-refractivity contribution is 4.90. The maximum absolute atomic E-state index is 6.12. The fourth-order valence-electron chi connectivity index (χ4n) is 3.17. The van der Waals surface area contributed by atoms with E-state index in [-0.39, 0.29) is 5.54 Å². The summed E-state index contributed by atoms with van der Waals surface area (Å²) in [5.41, 5.74) is 6.28. The molecule has 0 radical (unpaired) electrons. The van der Waals surface area contributed by atoms with Crippen molar-refractivity contribution in [2.75, 3.05) is 26.2 Å². The Morgan fingerprint density at radius 3 is 2.65 bits per heavy atom. The van der Waals surface area contributed by atoms with Gasteiger partial charge < -0.3 is 10.5 Å². The van der Waals surface area contributed by atoms with Crippen LogP contribution in [0.5, 0.6) is 0 Å². The molecular weight excluding hydrogens is 248 g/mol. The van der Waals surface area contributed by atoms with Crippen LogP contribution in [-0.4, -0.2) is 42.8 Å². The molecule has 2 N–H and O–H groups in total. The van der Waals surface area contributed by atoms with Crippen molar-refractivity contribution in [3.8, 4) is 0 Å². The SMILES string of the molecule is CCCCCCC(C)(CN)N1CCCC(OCCC)C1. The Morgan fingerprint density at radius 1 is 1.20 bits per heavy atom. The fourth-order valence-corrected chi connectivity index (χ4v) is 3.17. The lowest BCUT2D eigenvalue weighted by Gasteiger charge is -2.45. The van der Waals surface area contributed by atoms with Crippen LogP contribution in [0.15, 0.2) is 0 Å². The van der Waals surface area contributed by atoms with E-state index in [1.54, 1.807) is 0 Å². The molecule has 3 nitrogen and oxygen atoms in total. The molecule has 0 amide bonds. The summed E-state index contributed by atoms with van der Waals surface area (Å²) >= 11 is 0. The maximum atomic E-state index is 6.12. The second kappa shape index (κ2) is 9.75. The van der Waals surface area contributed by atoms with Crippen LogP contribution in [-0.2, 0) is 4.74 Å². The van der Waals surface area contributed by atoms with Crippen LogP contribution in [0.1, 0.15) is 72.1 Å². The molecule has 1 aliphatic heterocycles. The van der Waals surface area contributed by atoms with Crippen LogP contribution >= 0.6 is 0 Å². The molecule has 1 aliphatic rings. The quantitative estimate of drug-likeness (QED) is 0.623. The number of nitrogens with zero attached hydrogens (tertiary/aromatic N) is 1. The molecule has 20 heavy (non-hydrogen) atoms. The van der Waals surface area contributed by atoms with Crippen molar-refractivity contribution in [1.29, 1.82) is 0 Å². The number of hydrogen-bond acceptors (Lipinski definition) is 3. The molecule has 0 aromatic carbocycles. The third-order valence-corrected chi connectivity index (χ3v) is 4.71. The molecule has 0 aliphatic carbocycles. The van der Waals surface area contributed by atoms with Gasteiger partial charge in [-0.05, 0) is 39.2 Å². The van der Waals surface area contributed by atoms with E-state index in [0.29, 0.717) is 6.10 Å². The highest BCUT2D eigenvalue weighted by Crippen LogP contribution is 2.26. The van der Waals surface area contributed by atoms with E-state index in [0.717, 1.165) is 26.1 Å². The van der Waals surface area contributed by atoms with Gasteiger partial charge in [-0.15, -0.1) is 0 Å². The molecule has 2 atom stereocenters. The van der Waals surface area contributed by atoms with Crippen molar-refractivity contribution in [2.24, 2.45) is 5.73 Å². The predicted octanol–water partition coefficient (Wildman–Crippen LogP) is 3.57. The first-order valence-electron chi connectivity index (χ1n) is 8.73. The van der Waals surface area contributed by atoms with Crippen molar-refractivity contribution in [2.45, 2.75) is 83.8 Å². The van der Waals surface area contributed by atoms with Crippen LogP contribution in [0.4, 0.5) is 0 Å². The van der Waals surface area contributed by atoms with Gasteiger partial charge in [-0.1, -0.05) is 39.5 Å². The zero-order valence-corrected chi connectivity index (χ0v) is 14.0. The minimum atomic E-state index is 0.169. The molecule has 0 bridgehead atoms. The number of rotatable bonds is 10. The summed E-state index contributed by atoms with van der Waals surface area (Å²) in [6.07, 6.45) is 10.5. The second-order valence-electron chi connectivity index (χ2n) is 6.59. The minimum absolute atomic E-state index is 0.169. The highest BCUT2D eigenvalue weighted by atomic mass is 16.5. The Labute approximate surface area is 126 Å². The third-order valence-electron chi connectivity index (χ3n) is 4.71. The van der Waals surface area contributed by atoms with Gasteiger partial charge in [0, 0.05) is 25.2 Å². The monoisotopic (exact) mass is 284 g/mol. The van der Waals surface area contributed by atoms with Crippen molar-refractivity contribution in [3.63, 3.8) is 0 Å². The van der Waals surface area contributed by atoms with Crippen LogP contribution in [0.2, 0.25) is 0 Å². The van der Waals surface area contributed by atoms with E-state index >= 15 is 0 Å². The lowest BCUT2D eigenvalue weighted by Crippen LogP contribution is -2.56. The van der Waals surface area contributed by atoms with Gasteiger partial charge in [-0.25, -0.2) is 0 Å². The van der Waals surface area contributed by atoms with E-state index in [2.05, 4.69) is 25.7 Å². The van der Waals surface area contributed by atoms with Crippen LogP contribution < -0.4 is 5.73 Å². The summed E-state index contributed by atoms with van der Waals surface area (Å²) in [5.74, 6) is 0. The van der Waals surface area contributed by atoms with Gasteiger partial charge in [0.25, 0.3) is 0 Å². The molecule has 1 saturated heterocycles. The summed E-state index contributed by atoms with van der Waals surface area (Å²) in [5, 5.41) is 0. The van der Waals surface area contributed by atoms with Crippen molar-refractivity contribution in [1.82, 2.24) is 4.90 Å². The Morgan fingerprint density at radius 2 is 2.00 bits per heavy atom. The minimum Gasteiger partial charge on any atom is -0.377 e. The first-order valence-corrected chi connectivity index (χ1v) is 8.73. The van der Waals surface area contributed by atoms with E-state index in [4.69, 9.17) is 10.5 Å². The Kier molecular flexibility index (Phi) is 8.74. The lowest BCUT2D eigenvalue weighted by atomic mass is 9.89. The molecule has 1 fully saturated rings. The summed E-state index contributed by atoms with van der Waals surface area (Å²) in [4.78, 5) is 2.60. The van der Waals surface area contributed by atoms with Gasteiger partial charge in [0.2, 0.25) is 0 Å². The maximum Gasteiger partial charge on any atom is 0.0702 e. The van der Waals surface area contributed by atoms with Gasteiger partial charge in [-0.3, -0.25) is 4.90 Å². The summed E-state index contributed by atoms with van der Waals surface area (Å²) in [6, 6.07) is 0. The van der Waals surface area contributed by atoms with Crippen molar-refractivity contribution in [3.05, 3.63) is 0 Å². The number of piperidine rings is 1. The molecule has 3 heteroatoms. The normalized spacial score (nSPS) is 23.7. The molecule has 120 valence electrons. The first-order chi connectivity index (χ1) is 9.66. The Balaban J connectivity index is 2.45. The van der Waals surface area contributed by atoms with Gasteiger partial charge in [0.05, 0.1) is 6.10 Å². The van der Waals surface area contributed by atoms with Gasteiger partial charge in [0.1, 0.15) is 0 Å². The largest absolute Gasteiger partial charge is 0.377 e. The van der Waals surface area contributed by atoms with E-state index < -0.39 is 0 Å². The standard InChI is InChI=1S/C17H36N2O/c1-4-6-7-8-11-17(3,15-18)19-12-9-10-16(14-19)20-13-5-2/h16H,4-15,18H2,1-3H3. The summed E-state index contributed by atoms with van der Waals surface area (Å²) in [7, 11) is 0. The van der Waals surface area contributed by atoms with E-state index in [1.807, 2.05) is 0 Å². The number of likely N-dealkylation sites (tertiary alicyclic amines) is 1. The van der Waals surface area contributed by atoms with E-state index in [9.17, 15) is 0 Å². The van der Waals surface area contributed by atoms with E-state index in [1.165, 1.54) is 51.5 Å². The van der Waals surface area contributed by atoms with Crippen LogP contribution in [0.25, 0.3) is 0 Å². The third kappa shape index (κ3) is 5.71. The van der Waals surface area contributed by atoms with Gasteiger partial charge >= 0.3 is 0 Å². The number of ether oxygens (including phenoxy) is 1. The van der Waals surface area contributed by atoms with Gasteiger partial charge in [0.15, 0.2) is 0 Å². The number of hydrogen-bond donors (Lipinski definition) is 1. The second-order valence-corrected chi connectivity index (χ2v) is 6.59. The zero-order valence-electron chi connectivity index (χ0n) is 14.0. The van der Waals surface area contributed by atoms with Crippen LogP contribution in [0, 0.1) is 0 Å². The topological polar surface area (TPSA) is 38.5 Å². The molecule has 1 heterocycles.